The number of nitrogens with zero attached hydrogens (tertiary/aromatic N) is 2. The van der Waals surface area contributed by atoms with E-state index in [2.05, 4.69) is 26.4 Å². The Morgan fingerprint density at radius 1 is 1.06 bits per heavy atom. The molecule has 0 aliphatic rings. The van der Waals surface area contributed by atoms with E-state index in [1.54, 1.807) is 68.4 Å². The summed E-state index contributed by atoms with van der Waals surface area (Å²) < 4.78 is 10.3. The second kappa shape index (κ2) is 10.4. The van der Waals surface area contributed by atoms with Crippen molar-refractivity contribution in [1.82, 2.24) is 4.98 Å². The first-order chi connectivity index (χ1) is 16.2. The Kier molecular flexibility index (Phi) is 7.40. The van der Waals surface area contributed by atoms with Crippen molar-refractivity contribution in [3.05, 3.63) is 78.0 Å². The lowest BCUT2D eigenvalue weighted by Crippen LogP contribution is -2.22. The highest BCUT2D eigenvalue weighted by molar-refractivity contribution is 7.80. The summed E-state index contributed by atoms with van der Waals surface area (Å²) in [5, 5.41) is 14.6. The predicted molar refractivity (Wildman–Crippen MR) is 131 cm³/mol. The van der Waals surface area contributed by atoms with Crippen LogP contribution < -0.4 is 21.1 Å². The topological polar surface area (TPSA) is 139 Å². The Morgan fingerprint density at radius 2 is 1.82 bits per heavy atom. The summed E-state index contributed by atoms with van der Waals surface area (Å²) in [7, 11) is 0. The highest BCUT2D eigenvalue weighted by Crippen LogP contribution is 2.26. The van der Waals surface area contributed by atoms with Gasteiger partial charge in [-0.3, -0.25) is 4.79 Å². The molecule has 0 atom stereocenters. The van der Waals surface area contributed by atoms with Gasteiger partial charge in [0.25, 0.3) is 11.1 Å². The van der Waals surface area contributed by atoms with Crippen molar-refractivity contribution in [1.29, 1.82) is 5.26 Å². The molecule has 3 aromatic rings. The molecule has 0 aliphatic carbocycles. The van der Waals surface area contributed by atoms with Crippen molar-refractivity contribution in [3.8, 4) is 17.6 Å². The van der Waals surface area contributed by atoms with Crippen LogP contribution in [0.25, 0.3) is 0 Å². The molecule has 10 heteroatoms. The number of ether oxygens (including phenoxy) is 2. The van der Waals surface area contributed by atoms with Gasteiger partial charge in [-0.2, -0.15) is 5.26 Å². The molecule has 1 heterocycles. The number of nitrogens with two attached hydrogens (primary N) is 1. The maximum Gasteiger partial charge on any atom is 0.411 e. The van der Waals surface area contributed by atoms with E-state index in [1.807, 2.05) is 6.07 Å². The minimum atomic E-state index is -1.02. The van der Waals surface area contributed by atoms with Crippen LogP contribution in [0.3, 0.4) is 0 Å². The number of thiocarbonyl (C=S) groups is 1. The van der Waals surface area contributed by atoms with Gasteiger partial charge >= 0.3 is 6.09 Å². The van der Waals surface area contributed by atoms with E-state index in [4.69, 9.17) is 22.7 Å². The van der Waals surface area contributed by atoms with E-state index in [9.17, 15) is 14.9 Å². The molecule has 0 spiro atoms. The third kappa shape index (κ3) is 6.51. The summed E-state index contributed by atoms with van der Waals surface area (Å²) in [5.74, 6) is 0.940. The van der Waals surface area contributed by atoms with E-state index >= 15 is 0 Å². The van der Waals surface area contributed by atoms with E-state index in [-0.39, 0.29) is 11.1 Å². The Hall–Kier alpha value is -4.49. The lowest BCUT2D eigenvalue weighted by Gasteiger charge is -2.16. The number of amides is 2. The highest BCUT2D eigenvalue weighted by Gasteiger charge is 2.21. The van der Waals surface area contributed by atoms with Gasteiger partial charge < -0.3 is 25.8 Å². The fraction of sp³-hybridized carbons (Fsp3) is 0.125. The summed E-state index contributed by atoms with van der Waals surface area (Å²) in [6, 6.07) is 19.3. The maximum atomic E-state index is 12.7. The smallest absolute Gasteiger partial charge is 0.411 e. The van der Waals surface area contributed by atoms with E-state index < -0.39 is 11.5 Å². The van der Waals surface area contributed by atoms with Crippen LogP contribution in [-0.2, 0) is 10.2 Å². The van der Waals surface area contributed by atoms with Crippen molar-refractivity contribution >= 4 is 40.9 Å². The maximum absolute atomic E-state index is 12.7. The van der Waals surface area contributed by atoms with Crippen molar-refractivity contribution in [2.24, 2.45) is 5.73 Å². The molecule has 34 heavy (non-hydrogen) atoms. The Labute approximate surface area is 201 Å². The van der Waals surface area contributed by atoms with Crippen LogP contribution in [0.5, 0.6) is 11.5 Å². The quantitative estimate of drug-likeness (QED) is 0.435. The summed E-state index contributed by atoms with van der Waals surface area (Å²) >= 11 is 4.81. The number of hydrogen-bond donors (Lipinski definition) is 3. The number of nitriles is 1. The molecule has 4 N–H and O–H groups in total. The summed E-state index contributed by atoms with van der Waals surface area (Å²) in [5.41, 5.74) is 5.92. The molecule has 1 aromatic heterocycles. The number of aromatic nitrogens is 1. The van der Waals surface area contributed by atoms with Crippen LogP contribution in [0.2, 0.25) is 0 Å². The summed E-state index contributed by atoms with van der Waals surface area (Å²) in [4.78, 5) is 27.6. The van der Waals surface area contributed by atoms with Gasteiger partial charge in [0.1, 0.15) is 17.3 Å². The third-order valence-corrected chi connectivity index (χ3v) is 4.80. The number of pyridine rings is 1. The van der Waals surface area contributed by atoms with Gasteiger partial charge in [-0.1, -0.05) is 18.2 Å². The van der Waals surface area contributed by atoms with Crippen molar-refractivity contribution in [3.63, 3.8) is 0 Å². The fourth-order valence-corrected chi connectivity index (χ4v) is 3.01. The van der Waals surface area contributed by atoms with Gasteiger partial charge in [-0.25, -0.2) is 9.78 Å². The van der Waals surface area contributed by atoms with Gasteiger partial charge in [-0.05, 0) is 68.0 Å². The normalized spacial score (nSPS) is 10.5. The number of nitrogens with one attached hydrogen (secondary N) is 2. The summed E-state index contributed by atoms with van der Waals surface area (Å²) in [6.07, 6.45) is 0.422. The zero-order chi connectivity index (χ0) is 24.7. The molecule has 0 aliphatic heterocycles. The molecule has 0 unspecified atom stereocenters. The first-order valence-corrected chi connectivity index (χ1v) is 10.4. The number of benzene rings is 2. The number of hydrogen-bond acceptors (Lipinski definition) is 7. The average Bonchev–Trinajstić information content (AvgIpc) is 2.80. The molecule has 2 aromatic carbocycles. The standard InChI is InChI=1S/C24H21N5O4S/c1-24(2,14-25)16-6-3-5-15(11-16)21(30)28-17-7-4-8-18(12-17)32-19-9-10-20(27-13-19)29-23(34)33-22(26)31/h3-13H,1-2H3,(H2,26,31)(H,28,30)(H,27,29,34). The second-order valence-electron chi connectivity index (χ2n) is 7.61. The SMILES string of the molecule is CC(C)(C#N)c1cccc(C(=O)Nc2cccc(Oc3ccc(NC(=S)OC(N)=O)nc3)c2)c1. The lowest BCUT2D eigenvalue weighted by molar-refractivity contribution is 0.102. The number of primary amides is 1. The minimum absolute atomic E-state index is 0.223. The molecular weight excluding hydrogens is 454 g/mol. The van der Waals surface area contributed by atoms with Crippen molar-refractivity contribution in [2.45, 2.75) is 19.3 Å². The Balaban J connectivity index is 1.66. The van der Waals surface area contributed by atoms with E-state index in [0.29, 0.717) is 28.6 Å². The van der Waals surface area contributed by atoms with Crippen LogP contribution in [0.15, 0.2) is 66.9 Å². The van der Waals surface area contributed by atoms with Gasteiger partial charge in [0, 0.05) is 17.3 Å². The number of carbonyl (C=O) groups excluding carboxylic acids is 2. The van der Waals surface area contributed by atoms with Crippen LogP contribution in [0.4, 0.5) is 16.3 Å². The zero-order valence-electron chi connectivity index (χ0n) is 18.4. The zero-order valence-corrected chi connectivity index (χ0v) is 19.2. The third-order valence-electron chi connectivity index (χ3n) is 4.61. The molecule has 0 bridgehead atoms. The number of carbonyl (C=O) groups is 2. The van der Waals surface area contributed by atoms with Crippen LogP contribution >= 0.6 is 12.2 Å². The Bertz CT molecular complexity index is 1270. The number of rotatable bonds is 6. The summed E-state index contributed by atoms with van der Waals surface area (Å²) in [6.45, 7) is 3.59. The minimum Gasteiger partial charge on any atom is -0.456 e. The molecule has 0 radical (unpaired) electrons. The molecule has 3 rings (SSSR count). The number of anilines is 2. The highest BCUT2D eigenvalue weighted by atomic mass is 32.1. The molecule has 0 fully saturated rings. The van der Waals surface area contributed by atoms with Crippen molar-refractivity contribution in [2.75, 3.05) is 10.6 Å². The first kappa shape index (κ1) is 24.2. The van der Waals surface area contributed by atoms with Crippen LogP contribution in [0.1, 0.15) is 29.8 Å². The molecule has 2 amide bonds. The molecule has 9 nitrogen and oxygen atoms in total. The fourth-order valence-electron chi connectivity index (χ4n) is 2.83. The van der Waals surface area contributed by atoms with Gasteiger partial charge in [-0.15, -0.1) is 0 Å². The van der Waals surface area contributed by atoms with E-state index in [0.717, 1.165) is 5.56 Å². The largest absolute Gasteiger partial charge is 0.456 e. The predicted octanol–water partition coefficient (Wildman–Crippen LogP) is 4.72. The lowest BCUT2D eigenvalue weighted by atomic mass is 9.85. The molecule has 0 saturated carbocycles. The van der Waals surface area contributed by atoms with Crippen LogP contribution in [-0.4, -0.2) is 22.2 Å². The molecular formula is C24H21N5O4S. The van der Waals surface area contributed by atoms with Crippen LogP contribution in [0, 0.1) is 11.3 Å². The average molecular weight is 476 g/mol. The first-order valence-electron chi connectivity index (χ1n) is 10.0. The van der Waals surface area contributed by atoms with Gasteiger partial charge in [0.2, 0.25) is 0 Å². The van der Waals surface area contributed by atoms with Gasteiger partial charge in [0.15, 0.2) is 0 Å². The monoisotopic (exact) mass is 475 g/mol. The molecule has 172 valence electrons. The Morgan fingerprint density at radius 3 is 2.50 bits per heavy atom. The van der Waals surface area contributed by atoms with Gasteiger partial charge in [0.05, 0.1) is 17.7 Å². The molecule has 0 saturated heterocycles. The van der Waals surface area contributed by atoms with Crippen molar-refractivity contribution < 1.29 is 19.1 Å². The van der Waals surface area contributed by atoms with E-state index in [1.165, 1.54) is 6.20 Å². The second-order valence-corrected chi connectivity index (χ2v) is 7.99.